The first kappa shape index (κ1) is 36.6. The van der Waals surface area contributed by atoms with Crippen molar-refractivity contribution < 1.29 is 33.4 Å². The Kier molecular flexibility index (Phi) is 10.4. The molecule has 54 heavy (non-hydrogen) atoms. The van der Waals surface area contributed by atoms with Gasteiger partial charge in [0.25, 0.3) is 5.91 Å². The highest BCUT2D eigenvalue weighted by Crippen LogP contribution is 2.38. The maximum atomic E-state index is 15.7. The Morgan fingerprint density at radius 1 is 0.981 bits per heavy atom. The lowest BCUT2D eigenvalue weighted by Crippen LogP contribution is -2.53. The molecule has 2 saturated heterocycles. The average Bonchev–Trinajstić information content (AvgIpc) is 3.63. The summed E-state index contributed by atoms with van der Waals surface area (Å²) in [6, 6.07) is 11.5. The molecular formula is C39H45FN8O6. The van der Waals surface area contributed by atoms with Gasteiger partial charge in [0.15, 0.2) is 0 Å². The van der Waals surface area contributed by atoms with Crippen LogP contribution in [-0.2, 0) is 14.3 Å². The first-order chi connectivity index (χ1) is 26.0. The Bertz CT molecular complexity index is 1990. The molecule has 3 fully saturated rings. The normalized spacial score (nSPS) is 21.8. The van der Waals surface area contributed by atoms with Crippen LogP contribution in [0.15, 0.2) is 59.9 Å². The van der Waals surface area contributed by atoms with Crippen molar-refractivity contribution in [2.45, 2.75) is 76.7 Å². The van der Waals surface area contributed by atoms with Gasteiger partial charge in [-0.05, 0) is 73.3 Å². The molecule has 4 amide bonds. The number of amides is 4. The molecule has 4 atom stereocenters. The van der Waals surface area contributed by atoms with Crippen LogP contribution in [0.3, 0.4) is 0 Å². The second-order valence-electron chi connectivity index (χ2n) is 14.6. The second kappa shape index (κ2) is 15.3. The minimum atomic E-state index is -1.21. The number of rotatable bonds is 10. The minimum Gasteiger partial charge on any atom is -0.465 e. The van der Waals surface area contributed by atoms with E-state index < -0.39 is 24.0 Å². The summed E-state index contributed by atoms with van der Waals surface area (Å²) < 4.78 is 20.3. The third-order valence-electron chi connectivity index (χ3n) is 10.7. The van der Waals surface area contributed by atoms with Crippen LogP contribution in [-0.4, -0.2) is 93.0 Å². The fourth-order valence-electron chi connectivity index (χ4n) is 7.74. The van der Waals surface area contributed by atoms with E-state index in [2.05, 4.69) is 35.6 Å². The molecular weight excluding hydrogens is 695 g/mol. The van der Waals surface area contributed by atoms with Crippen molar-refractivity contribution in [2.75, 3.05) is 20.2 Å². The fourth-order valence-corrected chi connectivity index (χ4v) is 7.74. The van der Waals surface area contributed by atoms with Crippen molar-refractivity contribution in [3.8, 4) is 22.4 Å². The number of methoxy groups -OCH3 is 1. The maximum Gasteiger partial charge on any atom is 0.433 e. The molecule has 0 radical (unpaired) electrons. The van der Waals surface area contributed by atoms with Gasteiger partial charge in [-0.25, -0.2) is 19.0 Å². The lowest BCUT2D eigenvalue weighted by atomic mass is 10.0. The molecule has 284 valence electrons. The van der Waals surface area contributed by atoms with E-state index in [4.69, 9.17) is 0 Å². The number of hydrogen-bond acceptors (Lipinski definition) is 8. The molecule has 3 aromatic rings. The topological polar surface area (TPSA) is 181 Å². The highest BCUT2D eigenvalue weighted by molar-refractivity contribution is 6.40. The lowest BCUT2D eigenvalue weighted by Gasteiger charge is -2.31. The first-order valence-corrected chi connectivity index (χ1v) is 18.5. The number of likely N-dealkylation sites (tertiary alicyclic amines) is 2. The van der Waals surface area contributed by atoms with E-state index in [0.29, 0.717) is 42.2 Å². The summed E-state index contributed by atoms with van der Waals surface area (Å²) in [7, 11) is 1.24. The number of carbonyl (C=O) groups excluding carboxylic acids is 3. The van der Waals surface area contributed by atoms with Crippen LogP contribution >= 0.6 is 0 Å². The Hall–Kier alpha value is -5.73. The molecule has 1 aromatic heterocycles. The van der Waals surface area contributed by atoms with Gasteiger partial charge in [-0.2, -0.15) is 4.99 Å². The zero-order valence-corrected chi connectivity index (χ0v) is 30.5. The van der Waals surface area contributed by atoms with E-state index in [1.807, 2.05) is 50.4 Å². The van der Waals surface area contributed by atoms with Crippen LogP contribution in [0, 0.1) is 17.7 Å². The highest BCUT2D eigenvalue weighted by Gasteiger charge is 2.43. The zero-order chi connectivity index (χ0) is 38.1. The van der Waals surface area contributed by atoms with Crippen LogP contribution in [0.1, 0.15) is 69.8 Å². The molecule has 15 heteroatoms. The summed E-state index contributed by atoms with van der Waals surface area (Å²) >= 11 is 0. The van der Waals surface area contributed by atoms with E-state index >= 15 is 4.39 Å². The van der Waals surface area contributed by atoms with Gasteiger partial charge in [-0.3, -0.25) is 9.59 Å². The molecule has 4 heterocycles. The molecule has 1 aliphatic carbocycles. The van der Waals surface area contributed by atoms with Crippen LogP contribution in [0.2, 0.25) is 0 Å². The predicted octanol–water partition coefficient (Wildman–Crippen LogP) is 5.26. The number of halogens is 1. The number of hydrogen-bond donors (Lipinski definition) is 5. The van der Waals surface area contributed by atoms with Crippen molar-refractivity contribution in [3.05, 3.63) is 72.1 Å². The molecule has 1 unspecified atom stereocenters. The third-order valence-corrected chi connectivity index (χ3v) is 10.7. The molecule has 1 saturated carbocycles. The standard InChI is InChI=1S/C39H45FN8O6/c1-21(2)32(46-39(53)54-3)36(49)47-16-4-6-30(47)34-41-19-28(43-34)23-10-8-22(9-11-23)25-14-15-26(27(40)18-25)29-20-42-35(44-29)31-7-5-17-48(31)37(50)33(24-12-13-24)45-38(51)52/h8-11,14-15,18-21,24,30-31,33-34,41,43,45H,4-7,12-13,16-17H2,1-3H3,(H,42,44)(H,51,52)/b46-32+/t30-,31-,33-,34?/m0/s1. The van der Waals surface area contributed by atoms with Gasteiger partial charge in [0.1, 0.15) is 29.6 Å². The molecule has 5 N–H and O–H groups in total. The summed E-state index contributed by atoms with van der Waals surface area (Å²) in [6.45, 7) is 4.71. The fraction of sp³-hybridized carbons (Fsp3) is 0.436. The minimum absolute atomic E-state index is 0.0134. The number of carbonyl (C=O) groups is 4. The maximum absolute atomic E-state index is 15.7. The van der Waals surface area contributed by atoms with E-state index in [9.17, 15) is 24.3 Å². The van der Waals surface area contributed by atoms with Crippen LogP contribution in [0.5, 0.6) is 0 Å². The summed E-state index contributed by atoms with van der Waals surface area (Å²) in [4.78, 5) is 65.2. The van der Waals surface area contributed by atoms with E-state index in [1.165, 1.54) is 13.2 Å². The van der Waals surface area contributed by atoms with E-state index in [-0.39, 0.29) is 47.6 Å². The number of H-pyrrole nitrogens is 1. The SMILES string of the molecule is COC(=O)/N=C(/C(=O)N1CCC[C@H]1C1NC=C(c2ccc(-c3ccc(-c4cnc([C@@H]5CCCN5C(=O)[C@@H](NC(=O)O)C5CC5)[nH]4)c(F)c3)cc2)N1)C(C)C. The summed E-state index contributed by atoms with van der Waals surface area (Å²) in [5, 5.41) is 18.6. The van der Waals surface area contributed by atoms with Gasteiger partial charge >= 0.3 is 12.2 Å². The number of aliphatic imine (C=N–C) groups is 1. The van der Waals surface area contributed by atoms with Gasteiger partial charge in [0.05, 0.1) is 36.8 Å². The summed E-state index contributed by atoms with van der Waals surface area (Å²) in [5.74, 6) is -0.626. The van der Waals surface area contributed by atoms with Crippen molar-refractivity contribution in [3.63, 3.8) is 0 Å². The largest absolute Gasteiger partial charge is 0.465 e. The second-order valence-corrected chi connectivity index (χ2v) is 14.6. The quantitative estimate of drug-likeness (QED) is 0.173. The average molecular weight is 741 g/mol. The number of aromatic amines is 1. The highest BCUT2D eigenvalue weighted by atomic mass is 19.1. The smallest absolute Gasteiger partial charge is 0.433 e. The Labute approximate surface area is 312 Å². The lowest BCUT2D eigenvalue weighted by molar-refractivity contribution is -0.135. The number of nitrogens with zero attached hydrogens (tertiary/aromatic N) is 4. The van der Waals surface area contributed by atoms with Crippen molar-refractivity contribution in [1.82, 2.24) is 35.7 Å². The molecule has 14 nitrogen and oxygen atoms in total. The molecule has 0 bridgehead atoms. The van der Waals surface area contributed by atoms with Crippen molar-refractivity contribution in [2.24, 2.45) is 16.8 Å². The zero-order valence-electron chi connectivity index (χ0n) is 30.5. The third kappa shape index (κ3) is 7.52. The van der Waals surface area contributed by atoms with E-state index in [1.54, 1.807) is 22.1 Å². The van der Waals surface area contributed by atoms with Gasteiger partial charge in [0, 0.05) is 30.8 Å². The number of imidazole rings is 1. The molecule has 2 aromatic carbocycles. The molecule has 4 aliphatic rings. The number of ether oxygens (including phenoxy) is 1. The number of aromatic nitrogens is 2. The number of nitrogens with one attached hydrogen (secondary N) is 4. The van der Waals surface area contributed by atoms with Crippen LogP contribution in [0.25, 0.3) is 28.1 Å². The van der Waals surface area contributed by atoms with E-state index in [0.717, 1.165) is 48.9 Å². The van der Waals surface area contributed by atoms with Gasteiger partial charge in [-0.1, -0.05) is 44.2 Å². The predicted molar refractivity (Wildman–Crippen MR) is 198 cm³/mol. The number of benzene rings is 2. The number of carboxylic acid groups (broad SMARTS) is 1. The van der Waals surface area contributed by atoms with Gasteiger partial charge in [0.2, 0.25) is 5.91 Å². The first-order valence-electron chi connectivity index (χ1n) is 18.5. The molecule has 7 rings (SSSR count). The Morgan fingerprint density at radius 3 is 2.37 bits per heavy atom. The summed E-state index contributed by atoms with van der Waals surface area (Å²) in [6.07, 6.45) is 5.90. The summed E-state index contributed by atoms with van der Waals surface area (Å²) in [5.41, 5.74) is 4.33. The van der Waals surface area contributed by atoms with Gasteiger partial charge < -0.3 is 40.6 Å². The molecule has 0 spiro atoms. The van der Waals surface area contributed by atoms with Crippen molar-refractivity contribution in [1.29, 1.82) is 0 Å². The monoisotopic (exact) mass is 740 g/mol. The van der Waals surface area contributed by atoms with Crippen LogP contribution < -0.4 is 16.0 Å². The van der Waals surface area contributed by atoms with Crippen LogP contribution in [0.4, 0.5) is 14.0 Å². The van der Waals surface area contributed by atoms with Crippen molar-refractivity contribution >= 4 is 35.4 Å². The Morgan fingerprint density at radius 2 is 1.69 bits per heavy atom. The van der Waals surface area contributed by atoms with Gasteiger partial charge in [-0.15, -0.1) is 0 Å². The molecule has 3 aliphatic heterocycles. The Balaban J connectivity index is 0.995.